The van der Waals surface area contributed by atoms with Gasteiger partial charge in [0.25, 0.3) is 0 Å². The van der Waals surface area contributed by atoms with Crippen LogP contribution in [0.15, 0.2) is 34.8 Å². The van der Waals surface area contributed by atoms with Crippen LogP contribution in [0.5, 0.6) is 0 Å². The van der Waals surface area contributed by atoms with E-state index in [-0.39, 0.29) is 10.8 Å². The van der Waals surface area contributed by atoms with Gasteiger partial charge in [0, 0.05) is 15.5 Å². The molecule has 0 radical (unpaired) electrons. The number of rotatable bonds is 0. The van der Waals surface area contributed by atoms with Gasteiger partial charge < -0.3 is 0 Å². The van der Waals surface area contributed by atoms with Crippen LogP contribution in [-0.2, 0) is 10.8 Å². The highest BCUT2D eigenvalue weighted by molar-refractivity contribution is 9.10. The zero-order chi connectivity index (χ0) is 15.6. The van der Waals surface area contributed by atoms with Crippen molar-refractivity contribution >= 4 is 15.9 Å². The molecule has 0 spiro atoms. The fourth-order valence-corrected chi connectivity index (χ4v) is 4.19. The topological polar surface area (TPSA) is 0 Å². The van der Waals surface area contributed by atoms with Crippen molar-refractivity contribution < 1.29 is 0 Å². The largest absolute Gasteiger partial charge is 0.0579 e. The molecule has 0 heterocycles. The van der Waals surface area contributed by atoms with Gasteiger partial charge in [-0.2, -0.15) is 0 Å². The third-order valence-corrected chi connectivity index (χ3v) is 5.36. The first-order valence-corrected chi connectivity index (χ1v) is 8.37. The van der Waals surface area contributed by atoms with Crippen molar-refractivity contribution in [2.75, 3.05) is 0 Å². The number of halogens is 1. The first-order chi connectivity index (χ1) is 9.62. The molecule has 1 aliphatic carbocycles. The lowest BCUT2D eigenvalue weighted by atomic mass is 9.79. The fraction of sp³-hybridized carbons (Fsp3) is 0.400. The number of hydrogen-bond acceptors (Lipinski definition) is 0. The van der Waals surface area contributed by atoms with E-state index in [0.29, 0.717) is 0 Å². The Balaban J connectivity index is 2.32. The molecule has 0 unspecified atom stereocenters. The zero-order valence-electron chi connectivity index (χ0n) is 13.8. The molecule has 0 saturated heterocycles. The minimum atomic E-state index is 0.0699. The first kappa shape index (κ1) is 14.8. The second kappa shape index (κ2) is 4.46. The summed E-state index contributed by atoms with van der Waals surface area (Å²) < 4.78 is 1.22. The standard InChI is InChI=1S/C20H23Br/c1-12-9-16-18(17(21)10-12)14-8-7-13(19(2,3)4)11-15(14)20(16,5)6/h7-11H,1-6H3. The average molecular weight is 343 g/mol. The van der Waals surface area contributed by atoms with Gasteiger partial charge in [-0.25, -0.2) is 0 Å². The molecule has 0 fully saturated rings. The molecular formula is C20H23Br. The van der Waals surface area contributed by atoms with Gasteiger partial charge in [-0.3, -0.25) is 0 Å². The van der Waals surface area contributed by atoms with E-state index in [1.165, 1.54) is 37.9 Å². The van der Waals surface area contributed by atoms with Gasteiger partial charge in [0.2, 0.25) is 0 Å². The number of benzene rings is 2. The van der Waals surface area contributed by atoms with Crippen LogP contribution in [0.1, 0.15) is 56.9 Å². The van der Waals surface area contributed by atoms with E-state index in [0.717, 1.165) is 0 Å². The number of hydrogen-bond donors (Lipinski definition) is 0. The molecule has 0 aromatic heterocycles. The quantitative estimate of drug-likeness (QED) is 0.522. The minimum Gasteiger partial charge on any atom is -0.0579 e. The Bertz CT molecular complexity index is 730. The van der Waals surface area contributed by atoms with E-state index in [9.17, 15) is 0 Å². The van der Waals surface area contributed by atoms with Crippen LogP contribution >= 0.6 is 15.9 Å². The Morgan fingerprint density at radius 1 is 0.952 bits per heavy atom. The second-order valence-electron chi connectivity index (χ2n) is 7.80. The highest BCUT2D eigenvalue weighted by Gasteiger charge is 2.37. The molecule has 110 valence electrons. The molecule has 1 heteroatoms. The Hall–Kier alpha value is -1.08. The maximum atomic E-state index is 3.78. The third kappa shape index (κ3) is 2.17. The summed E-state index contributed by atoms with van der Waals surface area (Å²) in [6.07, 6.45) is 0. The summed E-state index contributed by atoms with van der Waals surface area (Å²) >= 11 is 3.78. The van der Waals surface area contributed by atoms with Crippen LogP contribution in [-0.4, -0.2) is 0 Å². The monoisotopic (exact) mass is 342 g/mol. The summed E-state index contributed by atoms with van der Waals surface area (Å²) in [6.45, 7) is 13.7. The Morgan fingerprint density at radius 3 is 2.24 bits per heavy atom. The van der Waals surface area contributed by atoms with Gasteiger partial charge in [0.15, 0.2) is 0 Å². The molecule has 21 heavy (non-hydrogen) atoms. The van der Waals surface area contributed by atoms with Crippen molar-refractivity contribution in [2.45, 2.75) is 52.4 Å². The summed E-state index contributed by atoms with van der Waals surface area (Å²) in [4.78, 5) is 0. The van der Waals surface area contributed by atoms with E-state index in [2.05, 4.69) is 87.8 Å². The maximum Gasteiger partial charge on any atom is 0.0259 e. The van der Waals surface area contributed by atoms with Gasteiger partial charge >= 0.3 is 0 Å². The number of aryl methyl sites for hydroxylation is 1. The minimum absolute atomic E-state index is 0.0699. The fourth-order valence-electron chi connectivity index (χ4n) is 3.40. The van der Waals surface area contributed by atoms with Crippen molar-refractivity contribution in [3.05, 3.63) is 57.1 Å². The summed E-state index contributed by atoms with van der Waals surface area (Å²) in [5, 5.41) is 0. The molecule has 0 amide bonds. The highest BCUT2D eigenvalue weighted by atomic mass is 79.9. The molecule has 1 aliphatic rings. The van der Waals surface area contributed by atoms with Gasteiger partial charge in [-0.1, -0.05) is 74.8 Å². The van der Waals surface area contributed by atoms with E-state index in [1.807, 2.05) is 0 Å². The van der Waals surface area contributed by atoms with E-state index in [4.69, 9.17) is 0 Å². The Morgan fingerprint density at radius 2 is 1.62 bits per heavy atom. The molecule has 3 rings (SSSR count). The molecule has 0 aliphatic heterocycles. The smallest absolute Gasteiger partial charge is 0.0259 e. The summed E-state index contributed by atoms with van der Waals surface area (Å²) in [7, 11) is 0. The van der Waals surface area contributed by atoms with Crippen molar-refractivity contribution in [1.29, 1.82) is 0 Å². The van der Waals surface area contributed by atoms with E-state index < -0.39 is 0 Å². The average Bonchev–Trinajstić information content (AvgIpc) is 2.57. The second-order valence-corrected chi connectivity index (χ2v) is 8.66. The van der Waals surface area contributed by atoms with Crippen LogP contribution in [0.2, 0.25) is 0 Å². The Kier molecular flexibility index (Phi) is 3.15. The summed E-state index contributed by atoms with van der Waals surface area (Å²) in [5.41, 5.74) is 8.64. The predicted octanol–water partition coefficient (Wildman–Crippen LogP) is 6.36. The maximum absolute atomic E-state index is 3.78. The third-order valence-electron chi connectivity index (χ3n) is 4.74. The molecule has 0 saturated carbocycles. The first-order valence-electron chi connectivity index (χ1n) is 7.58. The molecule has 2 aromatic carbocycles. The van der Waals surface area contributed by atoms with Crippen LogP contribution in [0.3, 0.4) is 0 Å². The number of fused-ring (bicyclic) bond motifs is 3. The lowest BCUT2D eigenvalue weighted by Gasteiger charge is -2.25. The lowest BCUT2D eigenvalue weighted by Crippen LogP contribution is -2.17. The van der Waals surface area contributed by atoms with E-state index in [1.54, 1.807) is 0 Å². The molecule has 0 nitrogen and oxygen atoms in total. The highest BCUT2D eigenvalue weighted by Crippen LogP contribution is 2.52. The molecule has 2 aromatic rings. The van der Waals surface area contributed by atoms with Gasteiger partial charge in [0.1, 0.15) is 0 Å². The molecule has 0 atom stereocenters. The van der Waals surface area contributed by atoms with Crippen LogP contribution < -0.4 is 0 Å². The van der Waals surface area contributed by atoms with Crippen molar-refractivity contribution in [2.24, 2.45) is 0 Å². The van der Waals surface area contributed by atoms with Crippen molar-refractivity contribution in [1.82, 2.24) is 0 Å². The summed E-state index contributed by atoms with van der Waals surface area (Å²) in [5.74, 6) is 0. The normalized spacial score (nSPS) is 15.8. The lowest BCUT2D eigenvalue weighted by molar-refractivity contribution is 0.584. The van der Waals surface area contributed by atoms with Crippen molar-refractivity contribution in [3.8, 4) is 11.1 Å². The molecule has 0 N–H and O–H groups in total. The van der Waals surface area contributed by atoms with Crippen LogP contribution in [0.4, 0.5) is 0 Å². The van der Waals surface area contributed by atoms with Crippen LogP contribution in [0.25, 0.3) is 11.1 Å². The SMILES string of the molecule is Cc1cc(Br)c2c(c1)C(C)(C)c1cc(C(C)(C)C)ccc1-2. The van der Waals surface area contributed by atoms with Gasteiger partial charge in [-0.15, -0.1) is 0 Å². The molecule has 0 bridgehead atoms. The molecular weight excluding hydrogens is 320 g/mol. The predicted molar refractivity (Wildman–Crippen MR) is 95.1 cm³/mol. The zero-order valence-corrected chi connectivity index (χ0v) is 15.4. The van der Waals surface area contributed by atoms with Gasteiger partial charge in [0.05, 0.1) is 0 Å². The van der Waals surface area contributed by atoms with Crippen LogP contribution in [0, 0.1) is 6.92 Å². The van der Waals surface area contributed by atoms with Gasteiger partial charge in [-0.05, 0) is 46.2 Å². The summed E-state index contributed by atoms with van der Waals surface area (Å²) in [6, 6.07) is 11.6. The van der Waals surface area contributed by atoms with Crippen molar-refractivity contribution in [3.63, 3.8) is 0 Å². The Labute approximate surface area is 136 Å². The van der Waals surface area contributed by atoms with E-state index >= 15 is 0 Å².